The minimum Gasteiger partial charge on any atom is -0.445 e. The smallest absolute Gasteiger partial charge is 0.339 e. The largest absolute Gasteiger partial charge is 0.445 e. The van der Waals surface area contributed by atoms with Crippen molar-refractivity contribution in [3.05, 3.63) is 136 Å². The quantitative estimate of drug-likeness (QED) is 0.107. The van der Waals surface area contributed by atoms with E-state index < -0.39 is 22.8 Å². The molecule has 0 saturated carbocycles. The van der Waals surface area contributed by atoms with Crippen LogP contribution in [0.2, 0.25) is 0 Å². The summed E-state index contributed by atoms with van der Waals surface area (Å²) >= 11 is 0. The number of nitro groups is 1. The molecule has 9 heteroatoms. The van der Waals surface area contributed by atoms with Gasteiger partial charge in [-0.3, -0.25) is 14.9 Å². The molecule has 4 aromatic carbocycles. The highest BCUT2D eigenvalue weighted by molar-refractivity contribution is 6.02. The van der Waals surface area contributed by atoms with Gasteiger partial charge >= 0.3 is 5.97 Å². The molecule has 38 heavy (non-hydrogen) atoms. The van der Waals surface area contributed by atoms with Crippen LogP contribution in [0.25, 0.3) is 22.9 Å². The number of carbonyl (C=O) groups excluding carboxylic acids is 2. The maximum absolute atomic E-state index is 13.3. The van der Waals surface area contributed by atoms with Crippen LogP contribution in [0.5, 0.6) is 0 Å². The molecule has 5 aromatic rings. The zero-order chi connectivity index (χ0) is 26.5. The van der Waals surface area contributed by atoms with Crippen LogP contribution in [0, 0.1) is 10.1 Å². The van der Waals surface area contributed by atoms with Crippen molar-refractivity contribution in [2.45, 2.75) is 6.10 Å². The van der Waals surface area contributed by atoms with Crippen molar-refractivity contribution in [1.82, 2.24) is 10.2 Å². The van der Waals surface area contributed by atoms with Crippen molar-refractivity contribution in [3.63, 3.8) is 0 Å². The molecule has 0 unspecified atom stereocenters. The number of benzene rings is 4. The third-order valence-electron chi connectivity index (χ3n) is 5.74. The first-order chi connectivity index (χ1) is 18.5. The second-order valence-corrected chi connectivity index (χ2v) is 8.22. The van der Waals surface area contributed by atoms with Gasteiger partial charge in [0.2, 0.25) is 17.6 Å². The van der Waals surface area contributed by atoms with E-state index in [1.54, 1.807) is 42.5 Å². The lowest BCUT2D eigenvalue weighted by Gasteiger charge is -2.17. The normalized spacial score (nSPS) is 11.5. The number of ether oxygens (including phenoxy) is 1. The number of esters is 1. The summed E-state index contributed by atoms with van der Waals surface area (Å²) < 4.78 is 11.4. The van der Waals surface area contributed by atoms with Crippen LogP contribution >= 0.6 is 0 Å². The van der Waals surface area contributed by atoms with Gasteiger partial charge in [0.15, 0.2) is 6.10 Å². The highest BCUT2D eigenvalue weighted by Crippen LogP contribution is 2.27. The number of Topliss-reactive ketones (excluding diaryl/α,β-unsaturated/α-hetero) is 1. The summed E-state index contributed by atoms with van der Waals surface area (Å²) in [7, 11) is 0. The van der Waals surface area contributed by atoms with Gasteiger partial charge in [-0.2, -0.15) is 0 Å². The Bertz CT molecular complexity index is 1580. The molecule has 1 atom stereocenters. The Hall–Kier alpha value is -5.44. The molecule has 0 saturated heterocycles. The third kappa shape index (κ3) is 5.21. The van der Waals surface area contributed by atoms with E-state index in [0.29, 0.717) is 22.6 Å². The van der Waals surface area contributed by atoms with E-state index >= 15 is 0 Å². The Balaban J connectivity index is 1.37. The lowest BCUT2D eigenvalue weighted by molar-refractivity contribution is -0.384. The molecular formula is C29H19N3O6. The summed E-state index contributed by atoms with van der Waals surface area (Å²) in [5.74, 6) is -0.537. The Kier molecular flexibility index (Phi) is 6.81. The Labute approximate surface area is 216 Å². The summed E-state index contributed by atoms with van der Waals surface area (Å²) in [6, 6.07) is 29.4. The molecule has 0 amide bonds. The lowest BCUT2D eigenvalue weighted by atomic mass is 9.99. The van der Waals surface area contributed by atoms with Gasteiger partial charge < -0.3 is 9.15 Å². The van der Waals surface area contributed by atoms with Crippen molar-refractivity contribution in [1.29, 1.82) is 0 Å². The second-order valence-electron chi connectivity index (χ2n) is 8.22. The van der Waals surface area contributed by atoms with Gasteiger partial charge in [0.25, 0.3) is 5.69 Å². The molecule has 5 rings (SSSR count). The van der Waals surface area contributed by atoms with Crippen molar-refractivity contribution < 1.29 is 23.7 Å². The fraction of sp³-hybridized carbons (Fsp3) is 0.0345. The van der Waals surface area contributed by atoms with Gasteiger partial charge in [0.05, 0.1) is 10.5 Å². The van der Waals surface area contributed by atoms with Crippen LogP contribution in [0.4, 0.5) is 5.69 Å². The maximum Gasteiger partial charge on any atom is 0.339 e. The molecule has 186 valence electrons. The minimum atomic E-state index is -1.30. The number of nitro benzene ring substituents is 1. The van der Waals surface area contributed by atoms with E-state index in [2.05, 4.69) is 10.2 Å². The van der Waals surface area contributed by atoms with Gasteiger partial charge in [0.1, 0.15) is 0 Å². The number of non-ortho nitro benzene ring substituents is 1. The summed E-state index contributed by atoms with van der Waals surface area (Å²) in [5.41, 5.74) is 2.09. The molecule has 1 heterocycles. The van der Waals surface area contributed by atoms with Crippen molar-refractivity contribution >= 4 is 17.4 Å². The molecule has 1 aromatic heterocycles. The Morgan fingerprint density at radius 2 is 1.26 bits per heavy atom. The van der Waals surface area contributed by atoms with Gasteiger partial charge in [-0.05, 0) is 48.5 Å². The van der Waals surface area contributed by atoms with Crippen molar-refractivity contribution in [2.24, 2.45) is 0 Å². The number of hydrogen-bond donors (Lipinski definition) is 0. The van der Waals surface area contributed by atoms with E-state index in [1.807, 2.05) is 30.3 Å². The number of carbonyl (C=O) groups is 2. The van der Waals surface area contributed by atoms with Gasteiger partial charge in [-0.1, -0.05) is 48.5 Å². The lowest BCUT2D eigenvalue weighted by Crippen LogP contribution is -2.20. The SMILES string of the molecule is O=C(O[C@H](C(=O)c1ccccc1)c1ccc([N+](=O)[O-])cc1)c1ccc(-c2nnc(-c3ccccc3)o2)cc1. The average Bonchev–Trinajstić information content (AvgIpc) is 3.47. The first-order valence-corrected chi connectivity index (χ1v) is 11.5. The Morgan fingerprint density at radius 1 is 0.711 bits per heavy atom. The summed E-state index contributed by atoms with van der Waals surface area (Å²) in [4.78, 5) is 36.8. The van der Waals surface area contributed by atoms with Crippen LogP contribution < -0.4 is 0 Å². The molecule has 0 spiro atoms. The van der Waals surface area contributed by atoms with E-state index in [1.165, 1.54) is 36.4 Å². The topological polar surface area (TPSA) is 125 Å². The monoisotopic (exact) mass is 505 g/mol. The van der Waals surface area contributed by atoms with Crippen LogP contribution in [0.1, 0.15) is 32.4 Å². The standard InChI is InChI=1S/C29H19N3O6/c33-25(19-7-3-1-4-8-19)26(20-15-17-24(18-16-20)32(35)36)37-29(34)23-13-11-22(12-14-23)28-31-30-27(38-28)21-9-5-2-6-10-21/h1-18,26H/t26-/m0/s1. The molecule has 0 fully saturated rings. The van der Waals surface area contributed by atoms with Crippen LogP contribution in [-0.2, 0) is 4.74 Å². The molecular weight excluding hydrogens is 486 g/mol. The minimum absolute atomic E-state index is 0.141. The maximum atomic E-state index is 13.3. The number of ketones is 1. The summed E-state index contributed by atoms with van der Waals surface area (Å²) in [6.07, 6.45) is -1.30. The van der Waals surface area contributed by atoms with Crippen LogP contribution in [0.3, 0.4) is 0 Å². The zero-order valence-electron chi connectivity index (χ0n) is 19.8. The molecule has 9 nitrogen and oxygen atoms in total. The highest BCUT2D eigenvalue weighted by atomic mass is 16.6. The molecule has 0 aliphatic heterocycles. The van der Waals surface area contributed by atoms with Crippen LogP contribution in [0.15, 0.2) is 114 Å². The van der Waals surface area contributed by atoms with Crippen molar-refractivity contribution in [2.75, 3.05) is 0 Å². The van der Waals surface area contributed by atoms with Crippen LogP contribution in [-0.4, -0.2) is 26.9 Å². The highest BCUT2D eigenvalue weighted by Gasteiger charge is 2.27. The zero-order valence-corrected chi connectivity index (χ0v) is 19.8. The van der Waals surface area contributed by atoms with Crippen molar-refractivity contribution in [3.8, 4) is 22.9 Å². The summed E-state index contributed by atoms with van der Waals surface area (Å²) in [6.45, 7) is 0. The first-order valence-electron chi connectivity index (χ1n) is 11.5. The molecule has 0 bridgehead atoms. The van der Waals surface area contributed by atoms with E-state index in [-0.39, 0.29) is 17.1 Å². The van der Waals surface area contributed by atoms with Gasteiger partial charge in [-0.15, -0.1) is 10.2 Å². The van der Waals surface area contributed by atoms with E-state index in [0.717, 1.165) is 5.56 Å². The predicted octanol–water partition coefficient (Wildman–Crippen LogP) is 6.09. The number of aromatic nitrogens is 2. The van der Waals surface area contributed by atoms with E-state index in [4.69, 9.17) is 9.15 Å². The Morgan fingerprint density at radius 3 is 1.84 bits per heavy atom. The molecule has 0 aliphatic carbocycles. The molecule has 0 radical (unpaired) electrons. The number of rotatable bonds is 8. The van der Waals surface area contributed by atoms with E-state index in [9.17, 15) is 19.7 Å². The summed E-state index contributed by atoms with van der Waals surface area (Å²) in [5, 5.41) is 19.2. The predicted molar refractivity (Wildman–Crippen MR) is 137 cm³/mol. The number of nitrogens with zero attached hydrogens (tertiary/aromatic N) is 3. The second kappa shape index (κ2) is 10.7. The first kappa shape index (κ1) is 24.3. The molecule has 0 N–H and O–H groups in total. The van der Waals surface area contributed by atoms with Gasteiger partial charge in [0, 0.05) is 34.4 Å². The fourth-order valence-corrected chi connectivity index (χ4v) is 3.76. The third-order valence-corrected chi connectivity index (χ3v) is 5.74. The van der Waals surface area contributed by atoms with Gasteiger partial charge in [-0.25, -0.2) is 4.79 Å². The fourth-order valence-electron chi connectivity index (χ4n) is 3.76. The average molecular weight is 505 g/mol. The number of hydrogen-bond acceptors (Lipinski definition) is 8. The molecule has 0 aliphatic rings.